The Morgan fingerprint density at radius 2 is 2.10 bits per heavy atom. The van der Waals surface area contributed by atoms with Gasteiger partial charge in [0.1, 0.15) is 0 Å². The molecule has 116 valence electrons. The first-order valence-electron chi connectivity index (χ1n) is 7.66. The molecule has 1 aliphatic rings. The van der Waals surface area contributed by atoms with Gasteiger partial charge in [0, 0.05) is 18.2 Å². The zero-order valence-corrected chi connectivity index (χ0v) is 12.8. The molecule has 0 spiro atoms. The van der Waals surface area contributed by atoms with Gasteiger partial charge in [-0.2, -0.15) is 0 Å². The highest BCUT2D eigenvalue weighted by atomic mass is 16.5. The van der Waals surface area contributed by atoms with Crippen molar-refractivity contribution in [2.45, 2.75) is 31.7 Å². The molecule has 3 N–H and O–H groups in total. The van der Waals surface area contributed by atoms with Crippen LogP contribution in [0.5, 0.6) is 11.5 Å². The number of methoxy groups -OCH3 is 1. The molecule has 1 heterocycles. The van der Waals surface area contributed by atoms with Gasteiger partial charge in [0.15, 0.2) is 11.5 Å². The zero-order valence-electron chi connectivity index (χ0n) is 12.8. The van der Waals surface area contributed by atoms with Gasteiger partial charge in [-0.25, -0.2) is 0 Å². The van der Waals surface area contributed by atoms with E-state index in [1.807, 2.05) is 12.1 Å². The third-order valence-electron chi connectivity index (χ3n) is 4.20. The van der Waals surface area contributed by atoms with Gasteiger partial charge in [-0.3, -0.25) is 4.90 Å². The number of nitrogens with zero attached hydrogens (tertiary/aromatic N) is 1. The summed E-state index contributed by atoms with van der Waals surface area (Å²) in [5.41, 5.74) is 7.98. The molecular formula is C17H26N2O2. The number of nitrogens with two attached hydrogens (primary N) is 1. The van der Waals surface area contributed by atoms with Crippen molar-refractivity contribution in [1.82, 2.24) is 4.90 Å². The van der Waals surface area contributed by atoms with Crippen LogP contribution in [0.4, 0.5) is 0 Å². The monoisotopic (exact) mass is 290 g/mol. The molecule has 1 aromatic carbocycles. The van der Waals surface area contributed by atoms with E-state index in [1.54, 1.807) is 13.2 Å². The molecule has 21 heavy (non-hydrogen) atoms. The van der Waals surface area contributed by atoms with Crippen molar-refractivity contribution in [3.05, 3.63) is 35.9 Å². The number of hydrogen-bond donors (Lipinski definition) is 2. The summed E-state index contributed by atoms with van der Waals surface area (Å²) < 4.78 is 5.31. The number of aromatic hydroxyl groups is 1. The molecule has 0 aliphatic carbocycles. The second kappa shape index (κ2) is 7.48. The Balaban J connectivity index is 2.35. The third-order valence-corrected chi connectivity index (χ3v) is 4.20. The Morgan fingerprint density at radius 3 is 2.67 bits per heavy atom. The first-order chi connectivity index (χ1) is 10.2. The SMILES string of the molecule is C=CCc1cc(C(CN)N2CCCCC2)cc(OC)c1O. The molecule has 4 heteroatoms. The summed E-state index contributed by atoms with van der Waals surface area (Å²) in [5.74, 6) is 0.718. The fourth-order valence-electron chi connectivity index (χ4n) is 3.07. The molecule has 1 aliphatic heterocycles. The predicted octanol–water partition coefficient (Wildman–Crippen LogP) is 2.62. The van der Waals surface area contributed by atoms with E-state index in [2.05, 4.69) is 11.5 Å². The molecule has 0 aromatic heterocycles. The maximum Gasteiger partial charge on any atom is 0.161 e. The van der Waals surface area contributed by atoms with E-state index in [0.717, 1.165) is 24.2 Å². The van der Waals surface area contributed by atoms with E-state index in [9.17, 15) is 5.11 Å². The van der Waals surface area contributed by atoms with Crippen molar-refractivity contribution in [3.63, 3.8) is 0 Å². The molecular weight excluding hydrogens is 264 g/mol. The summed E-state index contributed by atoms with van der Waals surface area (Å²) in [6.45, 7) is 6.49. The van der Waals surface area contributed by atoms with Crippen molar-refractivity contribution in [2.24, 2.45) is 5.73 Å². The van der Waals surface area contributed by atoms with Gasteiger partial charge in [-0.15, -0.1) is 6.58 Å². The van der Waals surface area contributed by atoms with E-state index in [1.165, 1.54) is 19.3 Å². The van der Waals surface area contributed by atoms with E-state index >= 15 is 0 Å². The van der Waals surface area contributed by atoms with Crippen LogP contribution in [0.3, 0.4) is 0 Å². The maximum absolute atomic E-state index is 10.2. The average Bonchev–Trinajstić information content (AvgIpc) is 2.52. The summed E-state index contributed by atoms with van der Waals surface area (Å²) in [6.07, 6.45) is 6.16. The van der Waals surface area contributed by atoms with Crippen molar-refractivity contribution < 1.29 is 9.84 Å². The van der Waals surface area contributed by atoms with Crippen molar-refractivity contribution >= 4 is 0 Å². The largest absolute Gasteiger partial charge is 0.504 e. The molecule has 4 nitrogen and oxygen atoms in total. The van der Waals surface area contributed by atoms with Crippen LogP contribution in [0.1, 0.15) is 36.4 Å². The minimum atomic E-state index is 0.184. The Hall–Kier alpha value is -1.52. The van der Waals surface area contributed by atoms with Crippen molar-refractivity contribution in [2.75, 3.05) is 26.7 Å². The number of piperidine rings is 1. The number of phenolic OH excluding ortho intramolecular Hbond substituents is 1. The van der Waals surface area contributed by atoms with Crippen LogP contribution in [-0.2, 0) is 6.42 Å². The molecule has 1 fully saturated rings. The fraction of sp³-hybridized carbons (Fsp3) is 0.529. The van der Waals surface area contributed by atoms with Gasteiger partial charge in [0.2, 0.25) is 0 Å². The lowest BCUT2D eigenvalue weighted by Gasteiger charge is -2.34. The molecule has 0 amide bonds. The molecule has 1 aromatic rings. The van der Waals surface area contributed by atoms with Crippen LogP contribution >= 0.6 is 0 Å². The van der Waals surface area contributed by atoms with E-state index < -0.39 is 0 Å². The minimum Gasteiger partial charge on any atom is -0.504 e. The summed E-state index contributed by atoms with van der Waals surface area (Å²) in [4.78, 5) is 2.44. The van der Waals surface area contributed by atoms with Gasteiger partial charge in [-0.1, -0.05) is 12.5 Å². The Labute approximate surface area is 127 Å². The second-order valence-corrected chi connectivity index (χ2v) is 5.57. The van der Waals surface area contributed by atoms with Gasteiger partial charge in [0.25, 0.3) is 0 Å². The Morgan fingerprint density at radius 1 is 1.38 bits per heavy atom. The molecule has 0 radical (unpaired) electrons. The van der Waals surface area contributed by atoms with Gasteiger partial charge in [-0.05, 0) is 50.0 Å². The number of benzene rings is 1. The first-order valence-corrected chi connectivity index (χ1v) is 7.66. The van der Waals surface area contributed by atoms with Crippen LogP contribution in [0, 0.1) is 0 Å². The van der Waals surface area contributed by atoms with Crippen LogP contribution < -0.4 is 10.5 Å². The highest BCUT2D eigenvalue weighted by Crippen LogP contribution is 2.35. The summed E-state index contributed by atoms with van der Waals surface area (Å²) in [7, 11) is 1.58. The predicted molar refractivity (Wildman–Crippen MR) is 85.8 cm³/mol. The Kier molecular flexibility index (Phi) is 5.65. The summed E-state index contributed by atoms with van der Waals surface area (Å²) in [5, 5.41) is 10.2. The van der Waals surface area contributed by atoms with Crippen molar-refractivity contribution in [1.29, 1.82) is 0 Å². The molecule has 0 bridgehead atoms. The summed E-state index contributed by atoms with van der Waals surface area (Å²) in [6, 6.07) is 4.13. The number of allylic oxidation sites excluding steroid dienone is 1. The van der Waals surface area contributed by atoms with Crippen LogP contribution in [0.2, 0.25) is 0 Å². The number of hydrogen-bond acceptors (Lipinski definition) is 4. The molecule has 1 saturated heterocycles. The van der Waals surface area contributed by atoms with Gasteiger partial charge < -0.3 is 15.6 Å². The molecule has 1 atom stereocenters. The van der Waals surface area contributed by atoms with E-state index in [0.29, 0.717) is 18.7 Å². The molecule has 0 saturated carbocycles. The van der Waals surface area contributed by atoms with Crippen LogP contribution in [0.15, 0.2) is 24.8 Å². The van der Waals surface area contributed by atoms with Crippen LogP contribution in [-0.4, -0.2) is 36.8 Å². The third kappa shape index (κ3) is 3.57. The summed E-state index contributed by atoms with van der Waals surface area (Å²) >= 11 is 0. The molecule has 1 unspecified atom stereocenters. The lowest BCUT2D eigenvalue weighted by Crippen LogP contribution is -2.37. The zero-order chi connectivity index (χ0) is 15.2. The minimum absolute atomic E-state index is 0.184. The van der Waals surface area contributed by atoms with Gasteiger partial charge >= 0.3 is 0 Å². The fourth-order valence-corrected chi connectivity index (χ4v) is 3.07. The second-order valence-electron chi connectivity index (χ2n) is 5.57. The standard InChI is InChI=1S/C17H26N2O2/c1-3-7-13-10-14(11-16(21-2)17(13)20)15(12-18)19-8-5-4-6-9-19/h3,10-11,15,20H,1,4-9,12,18H2,2H3. The Bertz CT molecular complexity index is 482. The lowest BCUT2D eigenvalue weighted by atomic mass is 9.97. The smallest absolute Gasteiger partial charge is 0.161 e. The molecule has 2 rings (SSSR count). The van der Waals surface area contributed by atoms with Gasteiger partial charge in [0.05, 0.1) is 7.11 Å². The first kappa shape index (κ1) is 15.9. The lowest BCUT2D eigenvalue weighted by molar-refractivity contribution is 0.167. The highest BCUT2D eigenvalue weighted by Gasteiger charge is 2.23. The average molecular weight is 290 g/mol. The number of phenols is 1. The number of likely N-dealkylation sites (tertiary alicyclic amines) is 1. The van der Waals surface area contributed by atoms with Crippen molar-refractivity contribution in [3.8, 4) is 11.5 Å². The highest BCUT2D eigenvalue weighted by molar-refractivity contribution is 5.50. The normalized spacial score (nSPS) is 17.4. The van der Waals surface area contributed by atoms with E-state index in [4.69, 9.17) is 10.5 Å². The maximum atomic E-state index is 10.2. The quantitative estimate of drug-likeness (QED) is 0.791. The number of rotatable bonds is 6. The van der Waals surface area contributed by atoms with E-state index in [-0.39, 0.29) is 11.8 Å². The number of ether oxygens (including phenoxy) is 1. The topological polar surface area (TPSA) is 58.7 Å². The van der Waals surface area contributed by atoms with Crippen LogP contribution in [0.25, 0.3) is 0 Å².